The van der Waals surface area contributed by atoms with Crippen molar-refractivity contribution in [1.82, 2.24) is 9.62 Å². The lowest BCUT2D eigenvalue weighted by atomic mass is 9.92. The Bertz CT molecular complexity index is 544. The second-order valence-corrected chi connectivity index (χ2v) is 8.85. The molecule has 2 aliphatic rings. The second-order valence-electron chi connectivity index (χ2n) is 5.74. The van der Waals surface area contributed by atoms with E-state index in [-0.39, 0.29) is 18.4 Å². The van der Waals surface area contributed by atoms with E-state index < -0.39 is 10.0 Å². The summed E-state index contributed by atoms with van der Waals surface area (Å²) in [5.41, 5.74) is 0. The monoisotopic (exact) mass is 366 g/mol. The largest absolute Gasteiger partial charge is 0.381 e. The molecule has 1 unspecified atom stereocenters. The number of hydrogen-bond acceptors (Lipinski definition) is 5. The predicted octanol–water partition coefficient (Wildman–Crippen LogP) is 1.95. The molecule has 5 nitrogen and oxygen atoms in total. The highest BCUT2D eigenvalue weighted by atomic mass is 35.5. The zero-order valence-electron chi connectivity index (χ0n) is 12.4. The minimum atomic E-state index is -3.31. The number of nitrogens with one attached hydrogen (secondary N) is 1. The lowest BCUT2D eigenvalue weighted by molar-refractivity contribution is 0.0586. The number of thiophene rings is 1. The van der Waals surface area contributed by atoms with E-state index in [0.717, 1.165) is 39.0 Å². The van der Waals surface area contributed by atoms with Gasteiger partial charge in [-0.2, -0.15) is 4.31 Å². The Kier molecular flexibility index (Phi) is 6.67. The summed E-state index contributed by atoms with van der Waals surface area (Å²) in [4.78, 5) is 0. The number of nitrogens with zero attached hydrogens (tertiary/aromatic N) is 1. The smallest absolute Gasteiger partial charge is 0.252 e. The van der Waals surface area contributed by atoms with Crippen LogP contribution in [0, 0.1) is 5.92 Å². The predicted molar refractivity (Wildman–Crippen MR) is 90.3 cm³/mol. The van der Waals surface area contributed by atoms with Gasteiger partial charge in [-0.3, -0.25) is 0 Å². The molecule has 0 spiro atoms. The third-order valence-electron chi connectivity index (χ3n) is 4.27. The van der Waals surface area contributed by atoms with Gasteiger partial charge in [0.2, 0.25) is 0 Å². The molecule has 3 heterocycles. The fourth-order valence-electron chi connectivity index (χ4n) is 3.09. The van der Waals surface area contributed by atoms with Gasteiger partial charge >= 0.3 is 0 Å². The summed E-state index contributed by atoms with van der Waals surface area (Å²) in [7, 11) is -3.31. The van der Waals surface area contributed by atoms with Crippen molar-refractivity contribution in [2.24, 2.45) is 5.92 Å². The fraction of sp³-hybridized carbons (Fsp3) is 0.714. The first-order valence-electron chi connectivity index (χ1n) is 7.51. The molecule has 8 heteroatoms. The Hall–Kier alpha value is -0.180. The van der Waals surface area contributed by atoms with Crippen molar-refractivity contribution in [2.45, 2.75) is 29.5 Å². The van der Waals surface area contributed by atoms with Crippen LogP contribution < -0.4 is 5.32 Å². The van der Waals surface area contributed by atoms with Crippen LogP contribution in [-0.2, 0) is 14.8 Å². The van der Waals surface area contributed by atoms with Crippen LogP contribution in [0.2, 0.25) is 0 Å². The first kappa shape index (κ1) is 18.2. The summed E-state index contributed by atoms with van der Waals surface area (Å²) in [6.45, 7) is 3.56. The van der Waals surface area contributed by atoms with Crippen LogP contribution >= 0.6 is 23.7 Å². The Morgan fingerprint density at radius 2 is 2.14 bits per heavy atom. The van der Waals surface area contributed by atoms with Crippen LogP contribution in [0.1, 0.15) is 19.3 Å². The van der Waals surface area contributed by atoms with Crippen molar-refractivity contribution in [1.29, 1.82) is 0 Å². The van der Waals surface area contributed by atoms with E-state index in [0.29, 0.717) is 23.2 Å². The number of piperazine rings is 1. The van der Waals surface area contributed by atoms with Crippen molar-refractivity contribution in [3.05, 3.63) is 17.5 Å². The first-order valence-corrected chi connectivity index (χ1v) is 9.83. The number of sulfonamides is 1. The van der Waals surface area contributed by atoms with Gasteiger partial charge in [0.05, 0.1) is 0 Å². The zero-order valence-corrected chi connectivity index (χ0v) is 14.9. The van der Waals surface area contributed by atoms with Crippen molar-refractivity contribution in [2.75, 3.05) is 32.8 Å². The fourth-order valence-corrected chi connectivity index (χ4v) is 5.72. The molecule has 0 aromatic carbocycles. The molecule has 126 valence electrons. The topological polar surface area (TPSA) is 58.6 Å². The maximum atomic E-state index is 12.6. The molecule has 1 aromatic heterocycles. The van der Waals surface area contributed by atoms with E-state index in [2.05, 4.69) is 5.32 Å². The molecule has 2 saturated heterocycles. The van der Waals surface area contributed by atoms with Gasteiger partial charge in [0.25, 0.3) is 10.0 Å². The molecule has 0 aliphatic carbocycles. The Morgan fingerprint density at radius 1 is 1.36 bits per heavy atom. The van der Waals surface area contributed by atoms with Crippen molar-refractivity contribution < 1.29 is 13.2 Å². The SMILES string of the molecule is Cl.O=S(=O)(c1cccs1)N1CCNC(CC2CCOCC2)C1. The summed E-state index contributed by atoms with van der Waals surface area (Å²) in [6.07, 6.45) is 3.23. The van der Waals surface area contributed by atoms with Crippen molar-refractivity contribution >= 4 is 33.8 Å². The highest BCUT2D eigenvalue weighted by Crippen LogP contribution is 2.25. The Morgan fingerprint density at radius 3 is 2.82 bits per heavy atom. The van der Waals surface area contributed by atoms with Gasteiger partial charge in [0.15, 0.2) is 0 Å². The Labute approximate surface area is 142 Å². The zero-order chi connectivity index (χ0) is 14.7. The van der Waals surface area contributed by atoms with Crippen LogP contribution in [0.4, 0.5) is 0 Å². The summed E-state index contributed by atoms with van der Waals surface area (Å²) in [5.74, 6) is 0.653. The number of hydrogen-bond donors (Lipinski definition) is 1. The van der Waals surface area contributed by atoms with Crippen LogP contribution in [0.25, 0.3) is 0 Å². The van der Waals surface area contributed by atoms with Gasteiger partial charge in [-0.15, -0.1) is 23.7 Å². The van der Waals surface area contributed by atoms with E-state index >= 15 is 0 Å². The summed E-state index contributed by atoms with van der Waals surface area (Å²) >= 11 is 1.29. The molecular formula is C14H23ClN2O3S2. The number of rotatable bonds is 4. The molecule has 3 rings (SSSR count). The molecular weight excluding hydrogens is 344 g/mol. The van der Waals surface area contributed by atoms with Crippen molar-refractivity contribution in [3.63, 3.8) is 0 Å². The van der Waals surface area contributed by atoms with Crippen molar-refractivity contribution in [3.8, 4) is 0 Å². The van der Waals surface area contributed by atoms with E-state index in [4.69, 9.17) is 4.74 Å². The number of ether oxygens (including phenoxy) is 1. The van der Waals surface area contributed by atoms with Gasteiger partial charge in [-0.25, -0.2) is 8.42 Å². The molecule has 0 radical (unpaired) electrons. The third-order valence-corrected chi connectivity index (χ3v) is 7.50. The van der Waals surface area contributed by atoms with Gasteiger partial charge in [-0.1, -0.05) is 6.07 Å². The molecule has 2 fully saturated rings. The minimum Gasteiger partial charge on any atom is -0.381 e. The number of halogens is 1. The van der Waals surface area contributed by atoms with Gasteiger partial charge in [0, 0.05) is 38.9 Å². The highest BCUT2D eigenvalue weighted by Gasteiger charge is 2.31. The lowest BCUT2D eigenvalue weighted by Gasteiger charge is -2.35. The minimum absolute atomic E-state index is 0. The van der Waals surface area contributed by atoms with E-state index in [1.165, 1.54) is 11.3 Å². The summed E-state index contributed by atoms with van der Waals surface area (Å²) < 4.78 is 32.6. The molecule has 22 heavy (non-hydrogen) atoms. The third kappa shape index (κ3) is 4.21. The van der Waals surface area contributed by atoms with Gasteiger partial charge < -0.3 is 10.1 Å². The molecule has 1 aromatic rings. The van der Waals surface area contributed by atoms with Gasteiger partial charge in [0.1, 0.15) is 4.21 Å². The first-order chi connectivity index (χ1) is 10.2. The van der Waals surface area contributed by atoms with Crippen LogP contribution in [0.3, 0.4) is 0 Å². The quantitative estimate of drug-likeness (QED) is 0.884. The van der Waals surface area contributed by atoms with E-state index in [1.807, 2.05) is 5.38 Å². The van der Waals surface area contributed by atoms with Crippen LogP contribution in [0.15, 0.2) is 21.7 Å². The molecule has 1 N–H and O–H groups in total. The lowest BCUT2D eigenvalue weighted by Crippen LogP contribution is -2.53. The maximum Gasteiger partial charge on any atom is 0.252 e. The molecule has 0 saturated carbocycles. The average molecular weight is 367 g/mol. The maximum absolute atomic E-state index is 12.6. The Balaban J connectivity index is 0.00000176. The molecule has 0 amide bonds. The molecule has 0 bridgehead atoms. The van der Waals surface area contributed by atoms with E-state index in [1.54, 1.807) is 16.4 Å². The average Bonchev–Trinajstić information content (AvgIpc) is 3.04. The second kappa shape index (κ2) is 8.08. The molecule has 1 atom stereocenters. The van der Waals surface area contributed by atoms with Crippen LogP contribution in [-0.4, -0.2) is 51.6 Å². The van der Waals surface area contributed by atoms with E-state index in [9.17, 15) is 8.42 Å². The highest BCUT2D eigenvalue weighted by molar-refractivity contribution is 7.91. The normalized spacial score (nSPS) is 24.8. The molecule has 2 aliphatic heterocycles. The van der Waals surface area contributed by atoms with Crippen LogP contribution in [0.5, 0.6) is 0 Å². The summed E-state index contributed by atoms with van der Waals surface area (Å²) in [6, 6.07) is 3.74. The van der Waals surface area contributed by atoms with Gasteiger partial charge in [-0.05, 0) is 36.6 Å². The standard InChI is InChI=1S/C14H22N2O3S2.ClH/c17-21(18,14-2-1-9-20-14)16-6-5-15-13(11-16)10-12-3-7-19-8-4-12;/h1-2,9,12-13,15H,3-8,10-11H2;1H. The summed E-state index contributed by atoms with van der Waals surface area (Å²) in [5, 5.41) is 5.28.